The number of hydrogen-bond donors (Lipinski definition) is 0. The zero-order chi connectivity index (χ0) is 25.4. The molecule has 0 saturated heterocycles. The van der Waals surface area contributed by atoms with Gasteiger partial charge in [-0.25, -0.2) is 13.4 Å². The van der Waals surface area contributed by atoms with Crippen LogP contribution in [0.2, 0.25) is 5.02 Å². The smallest absolute Gasteiger partial charge is 0.325 e. The first-order valence-corrected chi connectivity index (χ1v) is 13.2. The van der Waals surface area contributed by atoms with Crippen LogP contribution in [0.4, 0.5) is 0 Å². The van der Waals surface area contributed by atoms with Gasteiger partial charge in [-0.05, 0) is 60.2 Å². The van der Waals surface area contributed by atoms with Crippen LogP contribution in [0.3, 0.4) is 0 Å². The van der Waals surface area contributed by atoms with Gasteiger partial charge in [0.25, 0.3) is 0 Å². The van der Waals surface area contributed by atoms with E-state index < -0.39 is 9.84 Å². The first-order valence-electron chi connectivity index (χ1n) is 11.4. The van der Waals surface area contributed by atoms with Crippen molar-refractivity contribution in [3.63, 3.8) is 0 Å². The summed E-state index contributed by atoms with van der Waals surface area (Å²) in [5.41, 5.74) is 2.23. The predicted molar refractivity (Wildman–Crippen MR) is 131 cm³/mol. The summed E-state index contributed by atoms with van der Waals surface area (Å²) in [4.78, 5) is 29.7. The molecular weight excluding hydrogens is 488 g/mol. The highest BCUT2D eigenvalue weighted by atomic mass is 35.5. The second kappa shape index (κ2) is 9.59. The summed E-state index contributed by atoms with van der Waals surface area (Å²) in [6.45, 7) is 6.04. The van der Waals surface area contributed by atoms with Crippen LogP contribution in [0.15, 0.2) is 58.7 Å². The Morgan fingerprint density at radius 3 is 2.54 bits per heavy atom. The Labute approximate surface area is 210 Å². The van der Waals surface area contributed by atoms with E-state index in [0.717, 1.165) is 5.69 Å². The quantitative estimate of drug-likeness (QED) is 0.425. The Balaban J connectivity index is 1.78. The maximum atomic E-state index is 13.4. The minimum absolute atomic E-state index is 0.0114. The number of pyridine rings is 1. The molecule has 0 fully saturated rings. The molecule has 7 nitrogen and oxygen atoms in total. The van der Waals surface area contributed by atoms with Crippen molar-refractivity contribution in [2.45, 2.75) is 56.5 Å². The number of fused-ring (bicyclic) bond motifs is 1. The van der Waals surface area contributed by atoms with Crippen molar-refractivity contribution in [3.05, 3.63) is 76.2 Å². The lowest BCUT2D eigenvalue weighted by molar-refractivity contribution is -0.143. The van der Waals surface area contributed by atoms with E-state index in [9.17, 15) is 18.0 Å². The number of carbonyl (C=O) groups excluding carboxylic acids is 2. The molecule has 2 aromatic heterocycles. The number of nitrogens with zero attached hydrogens (tertiary/aromatic N) is 2. The van der Waals surface area contributed by atoms with Gasteiger partial charge in [0.15, 0.2) is 10.8 Å². The van der Waals surface area contributed by atoms with E-state index >= 15 is 0 Å². The van der Waals surface area contributed by atoms with Crippen molar-refractivity contribution in [3.8, 4) is 0 Å². The Hall–Kier alpha value is -2.97. The third-order valence-electron chi connectivity index (χ3n) is 6.05. The van der Waals surface area contributed by atoms with Crippen molar-refractivity contribution < 1.29 is 22.7 Å². The molecule has 0 radical (unpaired) electrons. The highest BCUT2D eigenvalue weighted by Crippen LogP contribution is 2.38. The van der Waals surface area contributed by atoms with E-state index in [1.807, 2.05) is 13.8 Å². The van der Waals surface area contributed by atoms with Crippen LogP contribution in [0, 0.1) is 5.41 Å². The molecule has 1 aliphatic rings. The molecule has 4 rings (SSSR count). The Morgan fingerprint density at radius 2 is 1.86 bits per heavy atom. The van der Waals surface area contributed by atoms with Gasteiger partial charge in [-0.3, -0.25) is 9.59 Å². The van der Waals surface area contributed by atoms with Crippen LogP contribution in [0.1, 0.15) is 54.4 Å². The lowest BCUT2D eigenvalue weighted by Crippen LogP contribution is -2.29. The minimum atomic E-state index is -3.92. The molecule has 0 spiro atoms. The van der Waals surface area contributed by atoms with Gasteiger partial charge in [0.2, 0.25) is 9.84 Å². The molecule has 35 heavy (non-hydrogen) atoms. The van der Waals surface area contributed by atoms with E-state index in [1.165, 1.54) is 30.5 Å². The number of aromatic nitrogens is 2. The number of hydrogen-bond acceptors (Lipinski definition) is 6. The molecule has 0 saturated carbocycles. The second-order valence-corrected chi connectivity index (χ2v) is 11.8. The molecule has 0 unspecified atom stereocenters. The molecular formula is C26H27ClN2O5S. The van der Waals surface area contributed by atoms with Gasteiger partial charge in [-0.15, -0.1) is 0 Å². The maximum Gasteiger partial charge on any atom is 0.325 e. The first kappa shape index (κ1) is 25.1. The van der Waals surface area contributed by atoms with Gasteiger partial charge in [0.1, 0.15) is 6.54 Å². The number of benzene rings is 1. The zero-order valence-corrected chi connectivity index (χ0v) is 21.4. The predicted octanol–water partition coefficient (Wildman–Crippen LogP) is 4.68. The summed E-state index contributed by atoms with van der Waals surface area (Å²) in [5.74, 6) is -0.403. The first-order chi connectivity index (χ1) is 16.5. The van der Waals surface area contributed by atoms with Crippen molar-refractivity contribution in [2.24, 2.45) is 5.41 Å². The third kappa shape index (κ3) is 5.18. The standard InChI is InChI=1S/C26H27ClN2O5S/c1-4-34-23(31)16-29-15-18(24-21(29)13-26(2,3)14-22(24)30)12-17-6-5-11-28-25(17)35(32,33)20-9-7-19(27)8-10-20/h5-11,15H,4,12-14,16H2,1-3H3. The van der Waals surface area contributed by atoms with Gasteiger partial charge in [0, 0.05) is 41.5 Å². The molecule has 9 heteroatoms. The number of rotatable bonds is 7. The van der Waals surface area contributed by atoms with Crippen LogP contribution < -0.4 is 0 Å². The number of carbonyl (C=O) groups is 2. The number of Topliss-reactive ketones (excluding diaryl/α,β-unsaturated/α-hetero) is 1. The van der Waals surface area contributed by atoms with E-state index in [1.54, 1.807) is 29.8 Å². The second-order valence-electron chi connectivity index (χ2n) is 9.45. The van der Waals surface area contributed by atoms with Crippen LogP contribution in [0.25, 0.3) is 0 Å². The summed E-state index contributed by atoms with van der Waals surface area (Å²) >= 11 is 5.93. The Bertz CT molecular complexity index is 1390. The van der Waals surface area contributed by atoms with Crippen LogP contribution >= 0.6 is 11.6 Å². The third-order valence-corrected chi connectivity index (χ3v) is 8.07. The van der Waals surface area contributed by atoms with E-state index in [-0.39, 0.29) is 46.7 Å². The minimum Gasteiger partial charge on any atom is -0.465 e. The Morgan fingerprint density at radius 1 is 1.14 bits per heavy atom. The normalized spacial score (nSPS) is 15.0. The topological polar surface area (TPSA) is 95.3 Å². The SMILES string of the molecule is CCOC(=O)Cn1cc(Cc2cccnc2S(=O)(=O)c2ccc(Cl)cc2)c2c1CC(C)(C)CC2=O. The average Bonchev–Trinajstić information content (AvgIpc) is 3.10. The number of sulfone groups is 1. The van der Waals surface area contributed by atoms with Crippen molar-refractivity contribution in [2.75, 3.05) is 6.61 Å². The van der Waals surface area contributed by atoms with Crippen LogP contribution in [-0.4, -0.2) is 36.3 Å². The van der Waals surface area contributed by atoms with Crippen molar-refractivity contribution >= 4 is 33.2 Å². The Kier molecular flexibility index (Phi) is 6.88. The number of halogens is 1. The number of esters is 1. The highest BCUT2D eigenvalue weighted by Gasteiger charge is 2.36. The van der Waals surface area contributed by atoms with Gasteiger partial charge in [-0.1, -0.05) is 31.5 Å². The van der Waals surface area contributed by atoms with Gasteiger partial charge in [0.05, 0.1) is 11.5 Å². The summed E-state index contributed by atoms with van der Waals surface area (Å²) in [7, 11) is -3.92. The molecule has 0 amide bonds. The van der Waals surface area contributed by atoms with Gasteiger partial charge >= 0.3 is 5.97 Å². The molecule has 2 heterocycles. The van der Waals surface area contributed by atoms with E-state index in [4.69, 9.17) is 16.3 Å². The highest BCUT2D eigenvalue weighted by molar-refractivity contribution is 7.91. The number of ether oxygens (including phenoxy) is 1. The molecule has 184 valence electrons. The van der Waals surface area contributed by atoms with Gasteiger partial charge in [-0.2, -0.15) is 0 Å². The van der Waals surface area contributed by atoms with Crippen molar-refractivity contribution in [1.29, 1.82) is 0 Å². The number of ketones is 1. The fourth-order valence-corrected chi connectivity index (χ4v) is 6.11. The zero-order valence-electron chi connectivity index (χ0n) is 19.9. The summed E-state index contributed by atoms with van der Waals surface area (Å²) in [6.07, 6.45) is 4.38. The molecule has 0 N–H and O–H groups in total. The largest absolute Gasteiger partial charge is 0.465 e. The molecule has 0 atom stereocenters. The monoisotopic (exact) mass is 514 g/mol. The van der Waals surface area contributed by atoms with E-state index in [0.29, 0.717) is 34.6 Å². The summed E-state index contributed by atoms with van der Waals surface area (Å²) < 4.78 is 33.6. The molecule has 1 aromatic carbocycles. The molecule has 0 bridgehead atoms. The van der Waals surface area contributed by atoms with Crippen LogP contribution in [0.5, 0.6) is 0 Å². The molecule has 0 aliphatic heterocycles. The lowest BCUT2D eigenvalue weighted by atomic mass is 9.75. The van der Waals surface area contributed by atoms with E-state index in [2.05, 4.69) is 4.98 Å². The molecule has 3 aromatic rings. The fourth-order valence-electron chi connectivity index (χ4n) is 4.58. The maximum absolute atomic E-state index is 13.4. The van der Waals surface area contributed by atoms with Gasteiger partial charge < -0.3 is 9.30 Å². The van der Waals surface area contributed by atoms with Crippen molar-refractivity contribution in [1.82, 2.24) is 9.55 Å². The molecule has 1 aliphatic carbocycles. The summed E-state index contributed by atoms with van der Waals surface area (Å²) in [6, 6.07) is 9.29. The summed E-state index contributed by atoms with van der Waals surface area (Å²) in [5, 5.41) is 0.360. The fraction of sp³-hybridized carbons (Fsp3) is 0.346. The van der Waals surface area contributed by atoms with Crippen LogP contribution in [-0.2, 0) is 38.8 Å². The lowest BCUT2D eigenvalue weighted by Gasteiger charge is -2.30. The average molecular weight is 515 g/mol.